The molecule has 1 heterocycles. The number of hydrogen-bond acceptors (Lipinski definition) is 3. The van der Waals surface area contributed by atoms with Crippen LogP contribution < -0.4 is 0 Å². The number of aromatic nitrogens is 1. The number of carbonyl (C=O) groups excluding carboxylic acids is 1. The molecule has 1 aromatic heterocycles. The zero-order valence-corrected chi connectivity index (χ0v) is 16.2. The van der Waals surface area contributed by atoms with Gasteiger partial charge in [-0.05, 0) is 56.1 Å². The van der Waals surface area contributed by atoms with Crippen molar-refractivity contribution in [2.75, 3.05) is 27.2 Å². The highest BCUT2D eigenvalue weighted by atomic mass is 16.2. The summed E-state index contributed by atoms with van der Waals surface area (Å²) in [5.74, 6) is 1.12. The second-order valence-electron chi connectivity index (χ2n) is 7.77. The van der Waals surface area contributed by atoms with E-state index in [0.717, 1.165) is 50.3 Å². The largest absolute Gasteiger partial charge is 0.346 e. The van der Waals surface area contributed by atoms with Crippen molar-refractivity contribution in [3.8, 4) is 0 Å². The maximum Gasteiger partial charge on any atom is 0.222 e. The van der Waals surface area contributed by atoms with Gasteiger partial charge in [0.25, 0.3) is 0 Å². The van der Waals surface area contributed by atoms with Gasteiger partial charge in [0, 0.05) is 38.1 Å². The van der Waals surface area contributed by atoms with Crippen LogP contribution in [0.25, 0.3) is 10.9 Å². The van der Waals surface area contributed by atoms with Crippen LogP contribution in [0.4, 0.5) is 0 Å². The van der Waals surface area contributed by atoms with Crippen molar-refractivity contribution in [2.24, 2.45) is 5.92 Å². The summed E-state index contributed by atoms with van der Waals surface area (Å²) < 4.78 is 0. The summed E-state index contributed by atoms with van der Waals surface area (Å²) >= 11 is 0. The molecule has 0 N–H and O–H groups in total. The van der Waals surface area contributed by atoms with E-state index in [4.69, 9.17) is 0 Å². The molecule has 26 heavy (non-hydrogen) atoms. The lowest BCUT2D eigenvalue weighted by molar-refractivity contribution is -0.130. The van der Waals surface area contributed by atoms with Crippen LogP contribution in [0, 0.1) is 5.92 Å². The van der Waals surface area contributed by atoms with Crippen molar-refractivity contribution in [1.29, 1.82) is 0 Å². The minimum absolute atomic E-state index is 0.307. The van der Waals surface area contributed by atoms with E-state index in [-0.39, 0.29) is 0 Å². The second-order valence-corrected chi connectivity index (χ2v) is 7.77. The highest BCUT2D eigenvalue weighted by molar-refractivity contribution is 5.78. The van der Waals surface area contributed by atoms with Gasteiger partial charge in [-0.3, -0.25) is 9.78 Å². The van der Waals surface area contributed by atoms with E-state index in [0.29, 0.717) is 5.91 Å². The normalized spacial score (nSPS) is 14.6. The number of nitrogens with zero attached hydrogens (tertiary/aromatic N) is 3. The molecule has 0 aliphatic heterocycles. The molecule has 1 aliphatic rings. The van der Waals surface area contributed by atoms with E-state index in [1.165, 1.54) is 30.2 Å². The first-order chi connectivity index (χ1) is 12.6. The van der Waals surface area contributed by atoms with E-state index in [9.17, 15) is 4.79 Å². The molecule has 1 fully saturated rings. The van der Waals surface area contributed by atoms with Crippen LogP contribution in [0.5, 0.6) is 0 Å². The number of pyridine rings is 1. The minimum Gasteiger partial charge on any atom is -0.346 e. The van der Waals surface area contributed by atoms with Crippen molar-refractivity contribution < 1.29 is 4.79 Å². The van der Waals surface area contributed by atoms with E-state index in [2.05, 4.69) is 41.2 Å². The maximum atomic E-state index is 12.2. The van der Waals surface area contributed by atoms with Gasteiger partial charge in [-0.2, -0.15) is 0 Å². The van der Waals surface area contributed by atoms with Crippen molar-refractivity contribution in [3.05, 3.63) is 42.1 Å². The summed E-state index contributed by atoms with van der Waals surface area (Å²) in [6, 6.07) is 10.5. The highest BCUT2D eigenvalue weighted by Gasteiger charge is 2.19. The van der Waals surface area contributed by atoms with Gasteiger partial charge in [-0.15, -0.1) is 0 Å². The fourth-order valence-corrected chi connectivity index (χ4v) is 3.62. The first-order valence-electron chi connectivity index (χ1n) is 9.88. The average Bonchev–Trinajstić information content (AvgIpc) is 2.60. The minimum atomic E-state index is 0.307. The summed E-state index contributed by atoms with van der Waals surface area (Å²) in [5, 5.41) is 1.19. The molecule has 2 aromatic rings. The van der Waals surface area contributed by atoms with Crippen LogP contribution >= 0.6 is 0 Å². The first kappa shape index (κ1) is 18.8. The number of fused-ring (bicyclic) bond motifs is 1. The molecular formula is C22H31N3O. The summed E-state index contributed by atoms with van der Waals surface area (Å²) in [4.78, 5) is 20.8. The third-order valence-corrected chi connectivity index (χ3v) is 5.57. The number of benzene rings is 1. The third kappa shape index (κ3) is 5.28. The predicted octanol–water partition coefficient (Wildman–Crippen LogP) is 4.10. The van der Waals surface area contributed by atoms with Gasteiger partial charge in [0.2, 0.25) is 5.91 Å². The van der Waals surface area contributed by atoms with Gasteiger partial charge in [0.05, 0.1) is 5.52 Å². The van der Waals surface area contributed by atoms with Crippen LogP contribution in [0.2, 0.25) is 0 Å². The molecule has 0 atom stereocenters. The lowest BCUT2D eigenvalue weighted by Gasteiger charge is -2.26. The maximum absolute atomic E-state index is 12.2. The highest BCUT2D eigenvalue weighted by Crippen LogP contribution is 2.30. The molecule has 0 spiro atoms. The van der Waals surface area contributed by atoms with Crippen LogP contribution in [-0.2, 0) is 11.3 Å². The molecule has 1 amide bonds. The van der Waals surface area contributed by atoms with Crippen LogP contribution in [0.15, 0.2) is 36.5 Å². The topological polar surface area (TPSA) is 36.4 Å². The Hall–Kier alpha value is -1.94. The fourth-order valence-electron chi connectivity index (χ4n) is 3.62. The quantitative estimate of drug-likeness (QED) is 0.681. The molecule has 4 heteroatoms. The molecule has 0 radical (unpaired) electrons. The van der Waals surface area contributed by atoms with Crippen LogP contribution in [0.3, 0.4) is 0 Å². The van der Waals surface area contributed by atoms with E-state index in [1.54, 1.807) is 0 Å². The van der Waals surface area contributed by atoms with Gasteiger partial charge in [0.1, 0.15) is 0 Å². The fraction of sp³-hybridized carbons (Fsp3) is 0.545. The molecule has 1 aromatic carbocycles. The summed E-state index contributed by atoms with van der Waals surface area (Å²) in [5.41, 5.74) is 2.35. The summed E-state index contributed by atoms with van der Waals surface area (Å²) in [6.07, 6.45) is 8.66. The van der Waals surface area contributed by atoms with Crippen molar-refractivity contribution in [3.63, 3.8) is 0 Å². The molecular weight excluding hydrogens is 322 g/mol. The number of rotatable bonds is 9. The van der Waals surface area contributed by atoms with Crippen molar-refractivity contribution >= 4 is 16.8 Å². The van der Waals surface area contributed by atoms with Gasteiger partial charge in [-0.25, -0.2) is 0 Å². The van der Waals surface area contributed by atoms with E-state index < -0.39 is 0 Å². The molecule has 1 aliphatic carbocycles. The van der Waals surface area contributed by atoms with E-state index >= 15 is 0 Å². The Labute approximate surface area is 157 Å². The molecule has 4 nitrogen and oxygen atoms in total. The van der Waals surface area contributed by atoms with Crippen molar-refractivity contribution in [1.82, 2.24) is 14.8 Å². The molecule has 0 unspecified atom stereocenters. The van der Waals surface area contributed by atoms with Gasteiger partial charge < -0.3 is 9.80 Å². The Morgan fingerprint density at radius 3 is 2.81 bits per heavy atom. The first-order valence-corrected chi connectivity index (χ1v) is 9.88. The number of hydrogen-bond donors (Lipinski definition) is 0. The molecule has 0 saturated heterocycles. The lowest BCUT2D eigenvalue weighted by atomic mass is 9.82. The predicted molar refractivity (Wildman–Crippen MR) is 107 cm³/mol. The van der Waals surface area contributed by atoms with Gasteiger partial charge in [0.15, 0.2) is 0 Å². The zero-order valence-electron chi connectivity index (χ0n) is 16.2. The molecule has 3 rings (SSSR count). The Bertz CT molecular complexity index is 726. The average molecular weight is 354 g/mol. The van der Waals surface area contributed by atoms with Crippen LogP contribution in [0.1, 0.15) is 44.1 Å². The van der Waals surface area contributed by atoms with E-state index in [1.807, 2.05) is 24.2 Å². The van der Waals surface area contributed by atoms with Crippen molar-refractivity contribution in [2.45, 2.75) is 45.1 Å². The SMILES string of the molecule is CN(CCCN(C)C(=O)CCC1CCC1)Cc1ccc2ncccc2c1. The van der Waals surface area contributed by atoms with Gasteiger partial charge >= 0.3 is 0 Å². The molecule has 1 saturated carbocycles. The van der Waals surface area contributed by atoms with Gasteiger partial charge in [-0.1, -0.05) is 31.4 Å². The Morgan fingerprint density at radius 1 is 1.19 bits per heavy atom. The smallest absolute Gasteiger partial charge is 0.222 e. The number of amides is 1. The standard InChI is InChI=1S/C22H31N3O/c1-24(17-19-9-11-21-20(16-19)8-4-13-23-21)14-5-15-25(2)22(26)12-10-18-6-3-7-18/h4,8-9,11,13,16,18H,3,5-7,10,12,14-15,17H2,1-2H3. The Kier molecular flexibility index (Phi) is 6.62. The monoisotopic (exact) mass is 353 g/mol. The van der Waals surface area contributed by atoms with Crippen LogP contribution in [-0.4, -0.2) is 47.9 Å². The summed E-state index contributed by atoms with van der Waals surface area (Å²) in [7, 11) is 4.09. The Morgan fingerprint density at radius 2 is 2.04 bits per heavy atom. The summed E-state index contributed by atoms with van der Waals surface area (Å²) in [6.45, 7) is 2.75. The lowest BCUT2D eigenvalue weighted by Crippen LogP contribution is -2.30. The molecule has 0 bridgehead atoms. The zero-order chi connectivity index (χ0) is 18.4. The number of carbonyl (C=O) groups is 1. The second kappa shape index (κ2) is 9.13. The third-order valence-electron chi connectivity index (χ3n) is 5.57. The molecule has 140 valence electrons. The Balaban J connectivity index is 1.37.